The molecule has 1 rings (SSSR count). The Kier molecular flexibility index (Phi) is 5.38. The largest absolute Gasteiger partial charge is 0.377 e. The monoisotopic (exact) mass is 254 g/mol. The quantitative estimate of drug-likeness (QED) is 0.763. The van der Waals surface area contributed by atoms with Crippen LogP contribution in [0.2, 0.25) is 0 Å². The van der Waals surface area contributed by atoms with Gasteiger partial charge in [0.1, 0.15) is 0 Å². The van der Waals surface area contributed by atoms with Crippen molar-refractivity contribution in [2.75, 3.05) is 33.3 Å². The van der Waals surface area contributed by atoms with Crippen LogP contribution in [0.25, 0.3) is 0 Å². The molecule has 1 fully saturated rings. The van der Waals surface area contributed by atoms with Gasteiger partial charge in [-0.05, 0) is 52.7 Å². The summed E-state index contributed by atoms with van der Waals surface area (Å²) in [4.78, 5) is 2.46. The third-order valence-electron chi connectivity index (χ3n) is 3.55. The molecular formula is C15H30N2O. The average molecular weight is 254 g/mol. The third-order valence-corrected chi connectivity index (χ3v) is 3.55. The maximum absolute atomic E-state index is 5.62. The van der Waals surface area contributed by atoms with E-state index >= 15 is 0 Å². The van der Waals surface area contributed by atoms with Crippen LogP contribution in [0.3, 0.4) is 0 Å². The molecule has 0 saturated carbocycles. The first-order valence-corrected chi connectivity index (χ1v) is 6.93. The van der Waals surface area contributed by atoms with E-state index in [4.69, 9.17) is 4.74 Å². The highest BCUT2D eigenvalue weighted by molar-refractivity contribution is 5.02. The van der Waals surface area contributed by atoms with Crippen molar-refractivity contribution >= 4 is 0 Å². The highest BCUT2D eigenvalue weighted by atomic mass is 16.5. The molecule has 0 amide bonds. The van der Waals surface area contributed by atoms with E-state index in [1.165, 1.54) is 12.0 Å². The van der Waals surface area contributed by atoms with Crippen molar-refractivity contribution < 1.29 is 4.74 Å². The summed E-state index contributed by atoms with van der Waals surface area (Å²) in [6, 6.07) is 0. The van der Waals surface area contributed by atoms with Gasteiger partial charge in [-0.1, -0.05) is 6.58 Å². The minimum absolute atomic E-state index is 0.0238. The first-order valence-electron chi connectivity index (χ1n) is 6.93. The normalized spacial score (nSPS) is 26.3. The van der Waals surface area contributed by atoms with Gasteiger partial charge in [0.2, 0.25) is 0 Å². The molecule has 0 aromatic rings. The van der Waals surface area contributed by atoms with Gasteiger partial charge in [0.05, 0.1) is 5.60 Å². The van der Waals surface area contributed by atoms with Gasteiger partial charge in [-0.3, -0.25) is 4.90 Å². The smallest absolute Gasteiger partial charge is 0.0777 e. The molecule has 0 spiro atoms. The standard InChI is InChI=1S/C15H30N2O/c1-13(10-16-14(2,3)4)11-17-9-7-8-15(5,12-17)18-6/h16H,1,7-12H2,2-6H3. The summed E-state index contributed by atoms with van der Waals surface area (Å²) in [5.74, 6) is 0. The number of nitrogens with zero attached hydrogens (tertiary/aromatic N) is 1. The number of hydrogen-bond donors (Lipinski definition) is 1. The zero-order chi connectivity index (χ0) is 13.8. The summed E-state index contributed by atoms with van der Waals surface area (Å²) in [5, 5.41) is 3.49. The fourth-order valence-corrected chi connectivity index (χ4v) is 2.37. The summed E-state index contributed by atoms with van der Waals surface area (Å²) in [6.45, 7) is 17.0. The number of methoxy groups -OCH3 is 1. The molecule has 1 aliphatic rings. The number of hydrogen-bond acceptors (Lipinski definition) is 3. The fourth-order valence-electron chi connectivity index (χ4n) is 2.37. The highest BCUT2D eigenvalue weighted by Gasteiger charge is 2.30. The topological polar surface area (TPSA) is 24.5 Å². The first kappa shape index (κ1) is 15.7. The number of rotatable bonds is 5. The van der Waals surface area contributed by atoms with Crippen LogP contribution in [-0.2, 0) is 4.74 Å². The van der Waals surface area contributed by atoms with Crippen LogP contribution in [0.5, 0.6) is 0 Å². The van der Waals surface area contributed by atoms with Gasteiger partial charge in [-0.25, -0.2) is 0 Å². The molecule has 1 aliphatic heterocycles. The summed E-state index contributed by atoms with van der Waals surface area (Å²) in [6.07, 6.45) is 2.37. The zero-order valence-corrected chi connectivity index (χ0v) is 12.8. The van der Waals surface area contributed by atoms with Crippen molar-refractivity contribution in [2.24, 2.45) is 0 Å². The molecule has 1 atom stereocenters. The zero-order valence-electron chi connectivity index (χ0n) is 12.8. The van der Waals surface area contributed by atoms with Gasteiger partial charge < -0.3 is 10.1 Å². The molecule has 0 aromatic carbocycles. The number of likely N-dealkylation sites (tertiary alicyclic amines) is 1. The minimum Gasteiger partial charge on any atom is -0.377 e. The van der Waals surface area contributed by atoms with E-state index in [0.717, 1.165) is 32.6 Å². The molecule has 1 heterocycles. The molecule has 3 nitrogen and oxygen atoms in total. The lowest BCUT2D eigenvalue weighted by Crippen LogP contribution is -2.48. The molecular weight excluding hydrogens is 224 g/mol. The Hall–Kier alpha value is -0.380. The number of ether oxygens (including phenoxy) is 1. The van der Waals surface area contributed by atoms with Crippen LogP contribution in [-0.4, -0.2) is 49.3 Å². The molecule has 18 heavy (non-hydrogen) atoms. The molecule has 1 N–H and O–H groups in total. The van der Waals surface area contributed by atoms with Gasteiger partial charge in [-0.2, -0.15) is 0 Å². The Morgan fingerprint density at radius 3 is 2.67 bits per heavy atom. The minimum atomic E-state index is 0.0238. The SMILES string of the molecule is C=C(CNC(C)(C)C)CN1CCCC(C)(OC)C1. The number of nitrogens with one attached hydrogen (secondary N) is 1. The maximum Gasteiger partial charge on any atom is 0.0777 e. The lowest BCUT2D eigenvalue weighted by Gasteiger charge is -2.39. The van der Waals surface area contributed by atoms with E-state index < -0.39 is 0 Å². The van der Waals surface area contributed by atoms with Crippen molar-refractivity contribution in [1.82, 2.24) is 10.2 Å². The lowest BCUT2D eigenvalue weighted by molar-refractivity contribution is -0.0485. The van der Waals surface area contributed by atoms with E-state index in [9.17, 15) is 0 Å². The molecule has 0 aliphatic carbocycles. The second kappa shape index (κ2) is 6.18. The fraction of sp³-hybridized carbons (Fsp3) is 0.867. The molecule has 1 unspecified atom stereocenters. The Labute approximate surface area is 113 Å². The molecule has 3 heteroatoms. The predicted molar refractivity (Wildman–Crippen MR) is 78.0 cm³/mol. The van der Waals surface area contributed by atoms with Crippen LogP contribution in [0.1, 0.15) is 40.5 Å². The second-order valence-electron chi connectivity index (χ2n) is 6.82. The molecule has 106 valence electrons. The Morgan fingerprint density at radius 1 is 1.44 bits per heavy atom. The van der Waals surface area contributed by atoms with Crippen LogP contribution in [0.15, 0.2) is 12.2 Å². The van der Waals surface area contributed by atoms with Crippen LogP contribution < -0.4 is 5.32 Å². The van der Waals surface area contributed by atoms with E-state index in [2.05, 4.69) is 44.5 Å². The summed E-state index contributed by atoms with van der Waals surface area (Å²) in [7, 11) is 1.82. The molecule has 0 bridgehead atoms. The molecule has 1 saturated heterocycles. The maximum atomic E-state index is 5.62. The highest BCUT2D eigenvalue weighted by Crippen LogP contribution is 2.24. The molecule has 0 aromatic heterocycles. The van der Waals surface area contributed by atoms with Gasteiger partial charge in [-0.15, -0.1) is 0 Å². The van der Waals surface area contributed by atoms with Crippen molar-refractivity contribution in [3.05, 3.63) is 12.2 Å². The van der Waals surface area contributed by atoms with Crippen molar-refractivity contribution in [1.29, 1.82) is 0 Å². The van der Waals surface area contributed by atoms with Crippen LogP contribution >= 0.6 is 0 Å². The third kappa shape index (κ3) is 5.51. The Bertz CT molecular complexity index is 283. The summed E-state index contributed by atoms with van der Waals surface area (Å²) in [5.41, 5.74) is 1.44. The molecule has 0 radical (unpaired) electrons. The summed E-state index contributed by atoms with van der Waals surface area (Å²) >= 11 is 0. The van der Waals surface area contributed by atoms with Gasteiger partial charge in [0.25, 0.3) is 0 Å². The predicted octanol–water partition coefficient (Wildman–Crippen LogP) is 2.43. The lowest BCUT2D eigenvalue weighted by atomic mass is 9.94. The average Bonchev–Trinajstić information content (AvgIpc) is 2.26. The van der Waals surface area contributed by atoms with E-state index in [1.807, 2.05) is 7.11 Å². The van der Waals surface area contributed by atoms with Crippen LogP contribution in [0.4, 0.5) is 0 Å². The van der Waals surface area contributed by atoms with Crippen molar-refractivity contribution in [3.8, 4) is 0 Å². The Morgan fingerprint density at radius 2 is 2.11 bits per heavy atom. The Balaban J connectivity index is 2.36. The number of piperidine rings is 1. The van der Waals surface area contributed by atoms with E-state index in [1.54, 1.807) is 0 Å². The van der Waals surface area contributed by atoms with Gasteiger partial charge in [0, 0.05) is 32.3 Å². The van der Waals surface area contributed by atoms with Crippen molar-refractivity contribution in [3.63, 3.8) is 0 Å². The van der Waals surface area contributed by atoms with Crippen molar-refractivity contribution in [2.45, 2.75) is 51.7 Å². The van der Waals surface area contributed by atoms with Gasteiger partial charge in [0.15, 0.2) is 0 Å². The first-order chi connectivity index (χ1) is 8.24. The van der Waals surface area contributed by atoms with Gasteiger partial charge >= 0.3 is 0 Å². The van der Waals surface area contributed by atoms with Crippen LogP contribution in [0, 0.1) is 0 Å². The second-order valence-corrected chi connectivity index (χ2v) is 6.82. The van der Waals surface area contributed by atoms with E-state index in [0.29, 0.717) is 0 Å². The summed E-state index contributed by atoms with van der Waals surface area (Å²) < 4.78 is 5.62. The van der Waals surface area contributed by atoms with E-state index in [-0.39, 0.29) is 11.1 Å².